The zero-order valence-electron chi connectivity index (χ0n) is 19.6. The monoisotopic (exact) mass is 425 g/mol. The average Bonchev–Trinajstić information content (AvgIpc) is 2.46. The van der Waals surface area contributed by atoms with Crippen LogP contribution in [0.25, 0.3) is 0 Å². The number of esters is 1. The Bertz CT molecular complexity index is 653. The molecule has 0 heterocycles. The molecule has 0 spiro atoms. The second kappa shape index (κ2) is 8.06. The lowest BCUT2D eigenvalue weighted by Crippen LogP contribution is -2.56. The van der Waals surface area contributed by atoms with Crippen molar-refractivity contribution in [3.63, 3.8) is 0 Å². The largest absolute Gasteiger partial charge is 0.441 e. The van der Waals surface area contributed by atoms with E-state index in [-0.39, 0.29) is 22.6 Å². The smallest absolute Gasteiger partial charge is 0.304 e. The van der Waals surface area contributed by atoms with E-state index >= 15 is 0 Å². The van der Waals surface area contributed by atoms with Gasteiger partial charge in [0.15, 0.2) is 16.6 Å². The van der Waals surface area contributed by atoms with E-state index in [1.807, 2.05) is 12.2 Å². The average molecular weight is 426 g/mol. The molecule has 0 aromatic carbocycles. The summed E-state index contributed by atoms with van der Waals surface area (Å²) in [4.78, 5) is 11.9. The molecule has 28 heavy (non-hydrogen) atoms. The van der Waals surface area contributed by atoms with Crippen molar-refractivity contribution < 1.29 is 18.4 Å². The first-order chi connectivity index (χ1) is 12.4. The molecule has 0 N–H and O–H groups in total. The van der Waals surface area contributed by atoms with Gasteiger partial charge in [-0.15, -0.1) is 0 Å². The predicted molar refractivity (Wildman–Crippen MR) is 118 cm³/mol. The molecule has 0 bridgehead atoms. The topological polar surface area (TPSA) is 68.6 Å². The number of rotatable bonds is 5. The Labute approximate surface area is 173 Å². The molecule has 0 amide bonds. The van der Waals surface area contributed by atoms with Gasteiger partial charge in [0, 0.05) is 13.3 Å². The highest BCUT2D eigenvalue weighted by molar-refractivity contribution is 6.74. The second-order valence-corrected chi connectivity index (χ2v) is 20.4. The third kappa shape index (κ3) is 5.56. The van der Waals surface area contributed by atoms with Crippen molar-refractivity contribution in [1.82, 2.24) is 0 Å². The Morgan fingerprint density at radius 2 is 1.46 bits per heavy atom. The van der Waals surface area contributed by atoms with Crippen molar-refractivity contribution in [2.45, 2.75) is 109 Å². The molecule has 1 aliphatic rings. The van der Waals surface area contributed by atoms with Crippen molar-refractivity contribution in [2.75, 3.05) is 0 Å². The molecule has 0 aromatic heterocycles. The summed E-state index contributed by atoms with van der Waals surface area (Å²) in [5.41, 5.74) is -1.37. The number of carbonyl (C=O) groups is 1. The summed E-state index contributed by atoms with van der Waals surface area (Å²) in [6.45, 7) is 22.9. The number of hydrogen-bond acceptors (Lipinski definition) is 5. The van der Waals surface area contributed by atoms with E-state index in [2.05, 4.69) is 73.8 Å². The summed E-state index contributed by atoms with van der Waals surface area (Å²) < 4.78 is 18.6. The predicted octanol–water partition coefficient (Wildman–Crippen LogP) is 5.55. The summed E-state index contributed by atoms with van der Waals surface area (Å²) in [7, 11) is -4.21. The maximum atomic E-state index is 11.9. The Kier molecular flexibility index (Phi) is 7.22. The summed E-state index contributed by atoms with van der Waals surface area (Å²) in [5, 5.41) is 10.1. The van der Waals surface area contributed by atoms with Crippen LogP contribution < -0.4 is 0 Å². The minimum atomic E-state index is -2.17. The lowest BCUT2D eigenvalue weighted by Gasteiger charge is -2.46. The lowest BCUT2D eigenvalue weighted by atomic mass is 9.86. The molecule has 1 rings (SSSR count). The molecule has 160 valence electrons. The zero-order chi connectivity index (χ0) is 22.2. The molecular formula is C21H39NO4Si2. The van der Waals surface area contributed by atoms with Crippen LogP contribution in [0.15, 0.2) is 12.2 Å². The van der Waals surface area contributed by atoms with Crippen LogP contribution in [-0.2, 0) is 18.4 Å². The molecule has 0 radical (unpaired) electrons. The van der Waals surface area contributed by atoms with Crippen LogP contribution in [0, 0.1) is 11.3 Å². The van der Waals surface area contributed by atoms with Gasteiger partial charge in [0.25, 0.3) is 0 Å². The van der Waals surface area contributed by atoms with Crippen molar-refractivity contribution in [1.29, 1.82) is 5.26 Å². The van der Waals surface area contributed by atoms with E-state index < -0.39 is 34.3 Å². The maximum absolute atomic E-state index is 11.9. The normalized spacial score (nSPS) is 26.6. The Balaban J connectivity index is 3.27. The first kappa shape index (κ1) is 25.1. The quantitative estimate of drug-likeness (QED) is 0.328. The SMILES string of the molecule is CC(=O)O[C@@]1(C#N)C[C@@H](O[Si](C)(C)C(C)(C)C)C=C[C@H]1O[Si](C)(C)C(C)(C)C. The van der Waals surface area contributed by atoms with Crippen LogP contribution in [0.5, 0.6) is 0 Å². The fourth-order valence-electron chi connectivity index (χ4n) is 2.62. The number of nitriles is 1. The molecule has 0 fully saturated rings. The summed E-state index contributed by atoms with van der Waals surface area (Å²) in [6, 6.07) is 2.27. The van der Waals surface area contributed by atoms with E-state index in [0.29, 0.717) is 0 Å². The molecule has 1 aliphatic carbocycles. The van der Waals surface area contributed by atoms with Crippen LogP contribution in [0.1, 0.15) is 54.9 Å². The van der Waals surface area contributed by atoms with E-state index in [1.165, 1.54) is 6.92 Å². The molecular weight excluding hydrogens is 386 g/mol. The van der Waals surface area contributed by atoms with Crippen LogP contribution in [0.4, 0.5) is 0 Å². The third-order valence-corrected chi connectivity index (χ3v) is 15.4. The highest BCUT2D eigenvalue weighted by Gasteiger charge is 2.52. The summed E-state index contributed by atoms with van der Waals surface area (Å²) >= 11 is 0. The molecule has 0 aliphatic heterocycles. The van der Waals surface area contributed by atoms with Gasteiger partial charge in [-0.05, 0) is 36.3 Å². The van der Waals surface area contributed by atoms with Crippen molar-refractivity contribution >= 4 is 22.6 Å². The first-order valence-electron chi connectivity index (χ1n) is 10.0. The van der Waals surface area contributed by atoms with Gasteiger partial charge in [-0.1, -0.05) is 53.7 Å². The summed E-state index contributed by atoms with van der Waals surface area (Å²) in [6.07, 6.45) is 3.26. The third-order valence-electron chi connectivity index (χ3n) is 6.46. The fraction of sp³-hybridized carbons (Fsp3) is 0.810. The molecule has 0 unspecified atom stereocenters. The van der Waals surface area contributed by atoms with Gasteiger partial charge < -0.3 is 13.6 Å². The fourth-order valence-corrected chi connectivity index (χ4v) is 5.15. The number of ether oxygens (including phenoxy) is 1. The van der Waals surface area contributed by atoms with E-state index in [1.54, 1.807) is 0 Å². The lowest BCUT2D eigenvalue weighted by molar-refractivity contribution is -0.161. The number of hydrogen-bond donors (Lipinski definition) is 0. The second-order valence-electron chi connectivity index (χ2n) is 10.9. The molecule has 7 heteroatoms. The first-order valence-corrected chi connectivity index (χ1v) is 15.8. The maximum Gasteiger partial charge on any atom is 0.304 e. The standard InChI is InChI=1S/C21H39NO4Si2/c1-16(23)24-21(15-22)14-17(25-27(8,9)19(2,3)4)12-13-18(21)26-28(10,11)20(5,6)7/h12-13,17-18H,14H2,1-11H3/t17-,18+,21+/m0/s1. The molecule has 5 nitrogen and oxygen atoms in total. The van der Waals surface area contributed by atoms with Gasteiger partial charge in [0.2, 0.25) is 5.60 Å². The van der Waals surface area contributed by atoms with E-state index in [4.69, 9.17) is 13.6 Å². The van der Waals surface area contributed by atoms with Crippen LogP contribution in [0.3, 0.4) is 0 Å². The van der Waals surface area contributed by atoms with E-state index in [9.17, 15) is 10.1 Å². The van der Waals surface area contributed by atoms with Crippen molar-refractivity contribution in [2.24, 2.45) is 0 Å². The van der Waals surface area contributed by atoms with Crippen molar-refractivity contribution in [3.8, 4) is 6.07 Å². The Morgan fingerprint density at radius 3 is 1.86 bits per heavy atom. The van der Waals surface area contributed by atoms with Gasteiger partial charge in [-0.25, -0.2) is 0 Å². The number of carbonyl (C=O) groups excluding carboxylic acids is 1. The van der Waals surface area contributed by atoms with Crippen LogP contribution in [0.2, 0.25) is 36.3 Å². The molecule has 0 aromatic rings. The minimum absolute atomic E-state index is 0.0211. The number of nitrogens with zero attached hydrogens (tertiary/aromatic N) is 1. The van der Waals surface area contributed by atoms with Crippen LogP contribution >= 0.6 is 0 Å². The van der Waals surface area contributed by atoms with Crippen LogP contribution in [-0.4, -0.2) is 40.4 Å². The molecule has 0 saturated heterocycles. The minimum Gasteiger partial charge on any atom is -0.441 e. The summed E-state index contributed by atoms with van der Waals surface area (Å²) in [5.74, 6) is -0.480. The van der Waals surface area contributed by atoms with Gasteiger partial charge in [0.1, 0.15) is 12.2 Å². The molecule has 3 atom stereocenters. The highest BCUT2D eigenvalue weighted by Crippen LogP contribution is 2.43. The molecule has 0 saturated carbocycles. The Hall–Kier alpha value is -0.946. The Morgan fingerprint density at radius 1 is 1.00 bits per heavy atom. The van der Waals surface area contributed by atoms with Crippen molar-refractivity contribution in [3.05, 3.63) is 12.2 Å². The van der Waals surface area contributed by atoms with Gasteiger partial charge in [-0.3, -0.25) is 4.79 Å². The zero-order valence-corrected chi connectivity index (χ0v) is 21.6. The van der Waals surface area contributed by atoms with E-state index in [0.717, 1.165) is 0 Å². The van der Waals surface area contributed by atoms with Gasteiger partial charge >= 0.3 is 5.97 Å². The van der Waals surface area contributed by atoms with Gasteiger partial charge in [0.05, 0.1) is 6.10 Å². The van der Waals surface area contributed by atoms with Gasteiger partial charge in [-0.2, -0.15) is 5.26 Å². The highest BCUT2D eigenvalue weighted by atomic mass is 28.4.